The van der Waals surface area contributed by atoms with Gasteiger partial charge in [-0.3, -0.25) is 9.59 Å². The Morgan fingerprint density at radius 2 is 1.97 bits per heavy atom. The molecule has 2 amide bonds. The molecule has 1 aliphatic heterocycles. The largest absolute Gasteiger partial charge is 0.383 e. The summed E-state index contributed by atoms with van der Waals surface area (Å²) in [6.45, 7) is 3.77. The lowest BCUT2D eigenvalue weighted by Gasteiger charge is -2.23. The second-order valence-electron chi connectivity index (χ2n) is 7.27. The van der Waals surface area contributed by atoms with Crippen LogP contribution < -0.4 is 26.2 Å². The lowest BCUT2D eigenvalue weighted by Crippen LogP contribution is -2.24. The smallest absolute Gasteiger partial charge is 0.253 e. The fourth-order valence-electron chi connectivity index (χ4n) is 3.58. The first kappa shape index (κ1) is 22.3. The number of fused-ring (bicyclic) bond motifs is 1. The summed E-state index contributed by atoms with van der Waals surface area (Å²) in [5.41, 5.74) is 3.23. The van der Waals surface area contributed by atoms with Gasteiger partial charge in [-0.05, 0) is 37.3 Å². The lowest BCUT2D eigenvalue weighted by molar-refractivity contribution is 0.0952. The molecule has 3 aromatic rings. The Kier molecular flexibility index (Phi) is 6.60. The molecule has 33 heavy (non-hydrogen) atoms. The Morgan fingerprint density at radius 3 is 2.76 bits per heavy atom. The number of halogens is 1. The first-order chi connectivity index (χ1) is 16.0. The van der Waals surface area contributed by atoms with E-state index in [2.05, 4.69) is 31.2 Å². The van der Waals surface area contributed by atoms with Crippen molar-refractivity contribution >= 4 is 52.2 Å². The molecule has 4 rings (SSSR count). The van der Waals surface area contributed by atoms with E-state index >= 15 is 0 Å². The molecule has 0 atom stereocenters. The van der Waals surface area contributed by atoms with Crippen molar-refractivity contribution in [3.05, 3.63) is 64.8 Å². The fourth-order valence-corrected chi connectivity index (χ4v) is 3.72. The van der Waals surface area contributed by atoms with Crippen molar-refractivity contribution < 1.29 is 9.59 Å². The van der Waals surface area contributed by atoms with E-state index in [1.807, 2.05) is 30.0 Å². The van der Waals surface area contributed by atoms with Crippen molar-refractivity contribution in [1.29, 1.82) is 0 Å². The van der Waals surface area contributed by atoms with E-state index in [9.17, 15) is 9.59 Å². The summed E-state index contributed by atoms with van der Waals surface area (Å²) in [5.74, 6) is 0.484. The first-order valence-electron chi connectivity index (χ1n) is 10.6. The van der Waals surface area contributed by atoms with Crippen LogP contribution >= 0.6 is 11.6 Å². The van der Waals surface area contributed by atoms with Crippen molar-refractivity contribution in [2.45, 2.75) is 6.92 Å². The maximum atomic E-state index is 12.2. The van der Waals surface area contributed by atoms with Crippen molar-refractivity contribution in [2.24, 2.45) is 0 Å². The molecule has 2 heterocycles. The maximum absolute atomic E-state index is 12.2. The number of rotatable bonds is 6. The van der Waals surface area contributed by atoms with E-state index in [1.165, 1.54) is 6.20 Å². The molecule has 1 aromatic heterocycles. The molecule has 2 aromatic carbocycles. The van der Waals surface area contributed by atoms with Crippen LogP contribution in [0, 0.1) is 0 Å². The highest BCUT2D eigenvalue weighted by Gasteiger charge is 2.19. The summed E-state index contributed by atoms with van der Waals surface area (Å²) in [5, 5.41) is 12.2. The highest BCUT2D eigenvalue weighted by atomic mass is 35.5. The Bertz CT molecular complexity index is 1200. The van der Waals surface area contributed by atoms with Gasteiger partial charge in [0.05, 0.1) is 23.0 Å². The third kappa shape index (κ3) is 4.68. The number of hydrogen-bond acceptors (Lipinski definition) is 7. The van der Waals surface area contributed by atoms with Crippen molar-refractivity contribution in [2.75, 3.05) is 42.2 Å². The summed E-state index contributed by atoms with van der Waals surface area (Å²) in [4.78, 5) is 35.4. The fraction of sp³-hybridized carbons (Fsp3) is 0.217. The van der Waals surface area contributed by atoms with Gasteiger partial charge in [-0.2, -0.15) is 4.98 Å². The lowest BCUT2D eigenvalue weighted by atomic mass is 10.1. The molecule has 0 aliphatic carbocycles. The highest BCUT2D eigenvalue weighted by Crippen LogP contribution is 2.31. The monoisotopic (exact) mass is 465 g/mol. The zero-order valence-corrected chi connectivity index (χ0v) is 19.0. The molecule has 0 bridgehead atoms. The minimum atomic E-state index is -0.222. The molecule has 0 spiro atoms. The van der Waals surface area contributed by atoms with E-state index in [1.54, 1.807) is 31.3 Å². The number of benzene rings is 2. The molecule has 0 unspecified atom stereocenters. The van der Waals surface area contributed by atoms with Gasteiger partial charge < -0.3 is 26.2 Å². The number of para-hydroxylation sites is 1. The average Bonchev–Trinajstić information content (AvgIpc) is 3.02. The van der Waals surface area contributed by atoms with Crippen LogP contribution in [-0.4, -0.2) is 48.5 Å². The van der Waals surface area contributed by atoms with E-state index in [0.717, 1.165) is 11.4 Å². The standard InChI is InChI=1S/C23H24ClN7O2/c1-3-31(14-8-9-16-19(12-14)26-10-11-27-22(16)33)23-28-13-17(24)20(30-23)29-18-7-5-4-6-15(18)21(32)25-2/h4-9,12-13,26H,3,10-11H2,1-2H3,(H,25,32)(H,27,33)(H,28,29,30). The summed E-state index contributed by atoms with van der Waals surface area (Å²) in [7, 11) is 1.58. The molecule has 0 saturated heterocycles. The minimum absolute atomic E-state index is 0.103. The van der Waals surface area contributed by atoms with Gasteiger partial charge in [0.1, 0.15) is 5.02 Å². The van der Waals surface area contributed by atoms with Gasteiger partial charge in [-0.1, -0.05) is 23.7 Å². The number of carbonyl (C=O) groups excluding carboxylic acids is 2. The van der Waals surface area contributed by atoms with Crippen LogP contribution in [0.5, 0.6) is 0 Å². The van der Waals surface area contributed by atoms with Gasteiger partial charge in [-0.15, -0.1) is 0 Å². The molecule has 170 valence electrons. The molecule has 0 saturated carbocycles. The normalized spacial score (nSPS) is 12.6. The number of carbonyl (C=O) groups is 2. The molecule has 0 radical (unpaired) electrons. The van der Waals surface area contributed by atoms with Gasteiger partial charge in [-0.25, -0.2) is 4.98 Å². The topological polar surface area (TPSA) is 111 Å². The van der Waals surface area contributed by atoms with Gasteiger partial charge in [0, 0.05) is 38.1 Å². The number of nitrogens with zero attached hydrogens (tertiary/aromatic N) is 3. The molecular weight excluding hydrogens is 442 g/mol. The second kappa shape index (κ2) is 9.74. The number of amides is 2. The highest BCUT2D eigenvalue weighted by molar-refractivity contribution is 6.33. The molecule has 10 heteroatoms. The van der Waals surface area contributed by atoms with Crippen LogP contribution in [0.1, 0.15) is 27.6 Å². The van der Waals surface area contributed by atoms with Gasteiger partial charge in [0.15, 0.2) is 5.82 Å². The first-order valence-corrected chi connectivity index (χ1v) is 10.9. The van der Waals surface area contributed by atoms with Crippen molar-refractivity contribution in [3.8, 4) is 0 Å². The second-order valence-corrected chi connectivity index (χ2v) is 7.68. The molecular formula is C23H24ClN7O2. The van der Waals surface area contributed by atoms with Crippen molar-refractivity contribution in [3.63, 3.8) is 0 Å². The van der Waals surface area contributed by atoms with Crippen LogP contribution in [0.25, 0.3) is 0 Å². The summed E-state index contributed by atoms with van der Waals surface area (Å²) in [6.07, 6.45) is 1.52. The molecule has 0 fully saturated rings. The summed E-state index contributed by atoms with van der Waals surface area (Å²) >= 11 is 6.37. The van der Waals surface area contributed by atoms with Crippen LogP contribution in [-0.2, 0) is 0 Å². The van der Waals surface area contributed by atoms with Gasteiger partial charge >= 0.3 is 0 Å². The van der Waals surface area contributed by atoms with Gasteiger partial charge in [0.25, 0.3) is 11.8 Å². The zero-order valence-electron chi connectivity index (χ0n) is 18.3. The molecule has 1 aliphatic rings. The van der Waals surface area contributed by atoms with E-state index in [4.69, 9.17) is 11.6 Å². The van der Waals surface area contributed by atoms with Crippen LogP contribution in [0.3, 0.4) is 0 Å². The zero-order chi connectivity index (χ0) is 23.4. The number of hydrogen-bond donors (Lipinski definition) is 4. The van der Waals surface area contributed by atoms with Gasteiger partial charge in [0.2, 0.25) is 5.95 Å². The summed E-state index contributed by atoms with van der Waals surface area (Å²) < 4.78 is 0. The maximum Gasteiger partial charge on any atom is 0.253 e. The number of nitrogens with one attached hydrogen (secondary N) is 4. The SMILES string of the molecule is CCN(c1ccc2c(c1)NCCNC2=O)c1ncc(Cl)c(Nc2ccccc2C(=O)NC)n1. The van der Waals surface area contributed by atoms with E-state index < -0.39 is 0 Å². The average molecular weight is 466 g/mol. The third-order valence-corrected chi connectivity index (χ3v) is 5.50. The quantitative estimate of drug-likeness (QED) is 0.440. The van der Waals surface area contributed by atoms with E-state index in [0.29, 0.717) is 53.2 Å². The predicted octanol–water partition coefficient (Wildman–Crippen LogP) is 3.55. The summed E-state index contributed by atoms with van der Waals surface area (Å²) in [6, 6.07) is 12.7. The third-order valence-electron chi connectivity index (χ3n) is 5.23. The number of aromatic nitrogens is 2. The van der Waals surface area contributed by atoms with Crippen molar-refractivity contribution in [1.82, 2.24) is 20.6 Å². The van der Waals surface area contributed by atoms with Crippen LogP contribution in [0.15, 0.2) is 48.7 Å². The minimum Gasteiger partial charge on any atom is -0.383 e. The van der Waals surface area contributed by atoms with E-state index in [-0.39, 0.29) is 11.8 Å². The Balaban J connectivity index is 1.68. The van der Waals surface area contributed by atoms with Crippen LogP contribution in [0.4, 0.5) is 28.8 Å². The Morgan fingerprint density at radius 1 is 1.18 bits per heavy atom. The molecule has 4 N–H and O–H groups in total. The molecule has 9 nitrogen and oxygen atoms in total. The number of anilines is 5. The predicted molar refractivity (Wildman–Crippen MR) is 130 cm³/mol. The Hall–Kier alpha value is -3.85. The van der Waals surface area contributed by atoms with Crippen LogP contribution in [0.2, 0.25) is 5.02 Å². The Labute approximate surface area is 196 Å².